The predicted octanol–water partition coefficient (Wildman–Crippen LogP) is 3.80. The van der Waals surface area contributed by atoms with Crippen molar-refractivity contribution < 1.29 is 4.79 Å². The number of ketones is 1. The minimum atomic E-state index is -0.151. The molecule has 92 valence electrons. The van der Waals surface area contributed by atoms with Crippen LogP contribution in [0.15, 0.2) is 24.3 Å². The van der Waals surface area contributed by atoms with Gasteiger partial charge in [0.2, 0.25) is 0 Å². The highest BCUT2D eigenvalue weighted by Gasteiger charge is 2.43. The first-order valence-electron chi connectivity index (χ1n) is 6.40. The van der Waals surface area contributed by atoms with Gasteiger partial charge in [0.1, 0.15) is 5.78 Å². The Balaban J connectivity index is 2.33. The topological polar surface area (TPSA) is 17.1 Å². The summed E-state index contributed by atoms with van der Waals surface area (Å²) < 4.78 is 0. The quantitative estimate of drug-likeness (QED) is 0.755. The van der Waals surface area contributed by atoms with Crippen molar-refractivity contribution in [1.82, 2.24) is 0 Å². The molecule has 0 aliphatic heterocycles. The second-order valence-electron chi connectivity index (χ2n) is 6.70. The Kier molecular flexibility index (Phi) is 2.89. The molecule has 1 heteroatoms. The minimum absolute atomic E-state index is 0.151. The van der Waals surface area contributed by atoms with Crippen molar-refractivity contribution in [3.8, 4) is 0 Å². The van der Waals surface area contributed by atoms with Crippen molar-refractivity contribution in [2.45, 2.75) is 47.0 Å². The second-order valence-corrected chi connectivity index (χ2v) is 6.70. The molecule has 0 unspecified atom stereocenters. The lowest BCUT2D eigenvalue weighted by atomic mass is 9.69. The lowest BCUT2D eigenvalue weighted by Crippen LogP contribution is -2.34. The number of hydrogen-bond donors (Lipinski definition) is 0. The first-order valence-corrected chi connectivity index (χ1v) is 6.40. The van der Waals surface area contributed by atoms with Gasteiger partial charge >= 0.3 is 0 Å². The number of carbonyl (C=O) groups is 1. The van der Waals surface area contributed by atoms with Crippen LogP contribution in [-0.2, 0) is 17.6 Å². The molecular weight excluding hydrogens is 208 g/mol. The van der Waals surface area contributed by atoms with E-state index in [1.165, 1.54) is 11.1 Å². The van der Waals surface area contributed by atoms with Crippen LogP contribution in [0.4, 0.5) is 0 Å². The van der Waals surface area contributed by atoms with E-state index in [2.05, 4.69) is 45.0 Å². The summed E-state index contributed by atoms with van der Waals surface area (Å²) in [5, 5.41) is 0. The van der Waals surface area contributed by atoms with Crippen LogP contribution in [-0.4, -0.2) is 5.78 Å². The van der Waals surface area contributed by atoms with Crippen LogP contribution < -0.4 is 0 Å². The second kappa shape index (κ2) is 3.97. The van der Waals surface area contributed by atoms with Crippen LogP contribution in [0.3, 0.4) is 0 Å². The van der Waals surface area contributed by atoms with Crippen LogP contribution in [0.25, 0.3) is 0 Å². The smallest absolute Gasteiger partial charge is 0.136 e. The molecule has 0 spiro atoms. The lowest BCUT2D eigenvalue weighted by molar-refractivity contribution is -0.127. The Hall–Kier alpha value is -1.11. The highest BCUT2D eigenvalue weighted by molar-refractivity contribution is 5.84. The van der Waals surface area contributed by atoms with Gasteiger partial charge in [-0.25, -0.2) is 0 Å². The number of Topliss-reactive ketones (excluding diaryl/α,β-unsaturated/α-hetero) is 1. The van der Waals surface area contributed by atoms with Crippen molar-refractivity contribution in [3.05, 3.63) is 35.4 Å². The van der Waals surface area contributed by atoms with Crippen LogP contribution in [0.2, 0.25) is 0 Å². The molecule has 1 aromatic rings. The van der Waals surface area contributed by atoms with Crippen molar-refractivity contribution >= 4 is 5.78 Å². The SMILES string of the molecule is CC(=O)C1(CC(C)(C)C)Cc2ccccc2C1. The molecule has 0 heterocycles. The number of rotatable bonds is 2. The van der Waals surface area contributed by atoms with Crippen LogP contribution in [0.1, 0.15) is 45.2 Å². The van der Waals surface area contributed by atoms with E-state index in [4.69, 9.17) is 0 Å². The summed E-state index contributed by atoms with van der Waals surface area (Å²) in [6, 6.07) is 8.49. The first kappa shape index (κ1) is 12.3. The fourth-order valence-corrected chi connectivity index (χ4v) is 3.21. The summed E-state index contributed by atoms with van der Waals surface area (Å²) in [7, 11) is 0. The molecule has 0 aromatic heterocycles. The third-order valence-corrected chi connectivity index (χ3v) is 3.79. The van der Waals surface area contributed by atoms with E-state index in [1.54, 1.807) is 6.92 Å². The lowest BCUT2D eigenvalue weighted by Gasteiger charge is -2.33. The van der Waals surface area contributed by atoms with Gasteiger partial charge in [0.25, 0.3) is 0 Å². The number of hydrogen-bond acceptors (Lipinski definition) is 1. The van der Waals surface area contributed by atoms with Gasteiger partial charge in [0, 0.05) is 5.41 Å². The molecule has 1 nitrogen and oxygen atoms in total. The van der Waals surface area contributed by atoms with Crippen molar-refractivity contribution in [3.63, 3.8) is 0 Å². The fraction of sp³-hybridized carbons (Fsp3) is 0.562. The minimum Gasteiger partial charge on any atom is -0.299 e. The summed E-state index contributed by atoms with van der Waals surface area (Å²) >= 11 is 0. The summed E-state index contributed by atoms with van der Waals surface area (Å²) in [6.07, 6.45) is 2.83. The predicted molar refractivity (Wildman–Crippen MR) is 71.0 cm³/mol. The molecule has 0 radical (unpaired) electrons. The molecule has 17 heavy (non-hydrogen) atoms. The Morgan fingerprint density at radius 2 is 1.65 bits per heavy atom. The largest absolute Gasteiger partial charge is 0.299 e. The van der Waals surface area contributed by atoms with Crippen LogP contribution >= 0.6 is 0 Å². The first-order chi connectivity index (χ1) is 7.82. The molecule has 0 bridgehead atoms. The summed E-state index contributed by atoms with van der Waals surface area (Å²) in [4.78, 5) is 12.1. The standard InChI is InChI=1S/C16H22O/c1-12(17)16(11-15(2,3)4)9-13-7-5-6-8-14(13)10-16/h5-8H,9-11H2,1-4H3. The van der Waals surface area contributed by atoms with E-state index in [1.807, 2.05) is 0 Å². The van der Waals surface area contributed by atoms with Crippen molar-refractivity contribution in [2.75, 3.05) is 0 Å². The normalized spacial score (nSPS) is 17.9. The molecule has 2 rings (SSSR count). The third-order valence-electron chi connectivity index (χ3n) is 3.79. The van der Waals surface area contributed by atoms with E-state index in [9.17, 15) is 4.79 Å². The number of fused-ring (bicyclic) bond motifs is 1. The van der Waals surface area contributed by atoms with Gasteiger partial charge < -0.3 is 0 Å². The van der Waals surface area contributed by atoms with E-state index < -0.39 is 0 Å². The Morgan fingerprint density at radius 1 is 1.18 bits per heavy atom. The van der Waals surface area contributed by atoms with Gasteiger partial charge in [0.05, 0.1) is 0 Å². The highest BCUT2D eigenvalue weighted by atomic mass is 16.1. The molecular formula is C16H22O. The fourth-order valence-electron chi connectivity index (χ4n) is 3.21. The van der Waals surface area contributed by atoms with Gasteiger partial charge in [0.15, 0.2) is 0 Å². The Morgan fingerprint density at radius 3 is 2.00 bits per heavy atom. The molecule has 0 saturated heterocycles. The van der Waals surface area contributed by atoms with Crippen molar-refractivity contribution in [1.29, 1.82) is 0 Å². The molecule has 1 aliphatic rings. The van der Waals surface area contributed by atoms with Gasteiger partial charge in [-0.15, -0.1) is 0 Å². The van der Waals surface area contributed by atoms with E-state index in [0.29, 0.717) is 5.78 Å². The monoisotopic (exact) mass is 230 g/mol. The molecule has 0 saturated carbocycles. The van der Waals surface area contributed by atoms with Gasteiger partial charge in [-0.05, 0) is 42.7 Å². The molecule has 0 atom stereocenters. The van der Waals surface area contributed by atoms with Crippen LogP contribution in [0.5, 0.6) is 0 Å². The third kappa shape index (κ3) is 2.43. The number of benzene rings is 1. The number of carbonyl (C=O) groups excluding carboxylic acids is 1. The van der Waals surface area contributed by atoms with E-state index >= 15 is 0 Å². The zero-order valence-electron chi connectivity index (χ0n) is 11.3. The molecule has 0 amide bonds. The Bertz CT molecular complexity index is 412. The molecule has 0 N–H and O–H groups in total. The zero-order chi connectivity index (χ0) is 12.7. The summed E-state index contributed by atoms with van der Waals surface area (Å²) in [6.45, 7) is 8.43. The summed E-state index contributed by atoms with van der Waals surface area (Å²) in [5.74, 6) is 0.351. The maximum Gasteiger partial charge on any atom is 0.136 e. The van der Waals surface area contributed by atoms with Crippen LogP contribution in [0, 0.1) is 10.8 Å². The summed E-state index contributed by atoms with van der Waals surface area (Å²) in [5.41, 5.74) is 2.79. The van der Waals surface area contributed by atoms with Crippen molar-refractivity contribution in [2.24, 2.45) is 10.8 Å². The highest BCUT2D eigenvalue weighted by Crippen LogP contribution is 2.45. The average molecular weight is 230 g/mol. The Labute approximate surface area is 104 Å². The van der Waals surface area contributed by atoms with Gasteiger partial charge in [-0.3, -0.25) is 4.79 Å². The molecule has 1 aliphatic carbocycles. The molecule has 1 aromatic carbocycles. The maximum absolute atomic E-state index is 12.1. The zero-order valence-corrected chi connectivity index (χ0v) is 11.3. The van der Waals surface area contributed by atoms with Gasteiger partial charge in [-0.2, -0.15) is 0 Å². The van der Waals surface area contributed by atoms with E-state index in [-0.39, 0.29) is 10.8 Å². The maximum atomic E-state index is 12.1. The van der Waals surface area contributed by atoms with E-state index in [0.717, 1.165) is 19.3 Å². The van der Waals surface area contributed by atoms with Gasteiger partial charge in [-0.1, -0.05) is 45.0 Å². The average Bonchev–Trinajstić information content (AvgIpc) is 2.53. The molecule has 0 fully saturated rings.